The Morgan fingerprint density at radius 3 is 2.45 bits per heavy atom. The van der Waals surface area contributed by atoms with Crippen LogP contribution in [-0.2, 0) is 10.9 Å². The first kappa shape index (κ1) is 17.6. The molecule has 0 saturated heterocycles. The van der Waals surface area contributed by atoms with Gasteiger partial charge in [-0.3, -0.25) is 9.88 Å². The van der Waals surface area contributed by atoms with Gasteiger partial charge in [-0.15, -0.1) is 0 Å². The molecule has 0 fully saturated rings. The summed E-state index contributed by atoms with van der Waals surface area (Å²) in [5.41, 5.74) is 6.10. The maximum atomic E-state index is 12.9. The molecule has 10 heteroatoms. The van der Waals surface area contributed by atoms with E-state index in [1.54, 1.807) is 20.8 Å². The average molecular weight is 317 g/mol. The normalized spacial score (nSPS) is 11.6. The zero-order valence-corrected chi connectivity index (χ0v) is 12.3. The van der Waals surface area contributed by atoms with Crippen molar-refractivity contribution in [1.29, 1.82) is 0 Å². The lowest BCUT2D eigenvalue weighted by Crippen LogP contribution is -2.34. The summed E-state index contributed by atoms with van der Waals surface area (Å²) in [6.45, 7) is 4.88. The highest BCUT2D eigenvalue weighted by Gasteiger charge is 2.35. The van der Waals surface area contributed by atoms with E-state index >= 15 is 0 Å². The number of amides is 1. The van der Waals surface area contributed by atoms with E-state index in [1.807, 2.05) is 0 Å². The van der Waals surface area contributed by atoms with Crippen molar-refractivity contribution < 1.29 is 22.7 Å². The van der Waals surface area contributed by atoms with Crippen LogP contribution >= 0.6 is 0 Å². The first-order valence-corrected chi connectivity index (χ1v) is 6.05. The van der Waals surface area contributed by atoms with Crippen molar-refractivity contribution in [1.82, 2.24) is 4.98 Å². The lowest BCUT2D eigenvalue weighted by atomic mass is 10.2. The molecule has 0 aliphatic carbocycles. The van der Waals surface area contributed by atoms with Crippen LogP contribution in [0.25, 0.3) is 10.4 Å². The van der Waals surface area contributed by atoms with Gasteiger partial charge >= 0.3 is 12.3 Å². The van der Waals surface area contributed by atoms with Gasteiger partial charge in [-0.2, -0.15) is 13.2 Å². The van der Waals surface area contributed by atoms with Crippen molar-refractivity contribution in [2.24, 2.45) is 5.11 Å². The lowest BCUT2D eigenvalue weighted by molar-refractivity contribution is -0.137. The number of hydrogen-bond acceptors (Lipinski definition) is 4. The fourth-order valence-electron chi connectivity index (χ4n) is 1.40. The number of rotatable bonds is 2. The second-order valence-electron chi connectivity index (χ2n) is 5.29. The summed E-state index contributed by atoms with van der Waals surface area (Å²) < 4.78 is 43.8. The standard InChI is InChI=1S/C12H14F3N5O2/c1-11(2,3)22-10(21)20(4)7-5-8(12(13,14)15)9(17-6-7)18-19-16/h5-6H,1-4H3. The quantitative estimate of drug-likeness (QED) is 0.459. The second-order valence-corrected chi connectivity index (χ2v) is 5.29. The number of hydrogen-bond donors (Lipinski definition) is 0. The van der Waals surface area contributed by atoms with Gasteiger partial charge in [0.25, 0.3) is 0 Å². The molecule has 0 N–H and O–H groups in total. The van der Waals surface area contributed by atoms with Gasteiger partial charge in [0.2, 0.25) is 0 Å². The van der Waals surface area contributed by atoms with Gasteiger partial charge in [-0.05, 0) is 37.5 Å². The van der Waals surface area contributed by atoms with Crippen LogP contribution in [0.3, 0.4) is 0 Å². The van der Waals surface area contributed by atoms with Crippen molar-refractivity contribution in [3.8, 4) is 0 Å². The predicted octanol–water partition coefficient (Wildman–Crippen LogP) is 4.41. The summed E-state index contributed by atoms with van der Waals surface area (Å²) in [4.78, 5) is 18.5. The molecule has 0 aromatic carbocycles. The number of pyridine rings is 1. The van der Waals surface area contributed by atoms with E-state index < -0.39 is 29.3 Å². The molecular formula is C12H14F3N5O2. The van der Waals surface area contributed by atoms with E-state index in [1.165, 1.54) is 7.05 Å². The number of nitrogens with zero attached hydrogens (tertiary/aromatic N) is 5. The monoisotopic (exact) mass is 317 g/mol. The largest absolute Gasteiger partial charge is 0.443 e. The highest BCUT2D eigenvalue weighted by Crippen LogP contribution is 2.37. The molecule has 0 saturated carbocycles. The van der Waals surface area contributed by atoms with Crippen LogP contribution in [0.4, 0.5) is 29.5 Å². The lowest BCUT2D eigenvalue weighted by Gasteiger charge is -2.25. The Morgan fingerprint density at radius 2 is 2.00 bits per heavy atom. The molecule has 1 aromatic heterocycles. The Hall–Kier alpha value is -2.48. The minimum Gasteiger partial charge on any atom is -0.443 e. The van der Waals surface area contributed by atoms with Crippen molar-refractivity contribution >= 4 is 17.6 Å². The van der Waals surface area contributed by atoms with Crippen LogP contribution in [0.1, 0.15) is 26.3 Å². The highest BCUT2D eigenvalue weighted by molar-refractivity contribution is 5.87. The Bertz CT molecular complexity index is 618. The highest BCUT2D eigenvalue weighted by atomic mass is 19.4. The minimum absolute atomic E-state index is 0.140. The fourth-order valence-corrected chi connectivity index (χ4v) is 1.40. The molecule has 0 aliphatic rings. The van der Waals surface area contributed by atoms with E-state index in [4.69, 9.17) is 10.3 Å². The van der Waals surface area contributed by atoms with Crippen molar-refractivity contribution in [3.05, 3.63) is 28.3 Å². The van der Waals surface area contributed by atoms with Crippen molar-refractivity contribution in [2.45, 2.75) is 32.5 Å². The smallest absolute Gasteiger partial charge is 0.418 e. The van der Waals surface area contributed by atoms with Gasteiger partial charge in [0.15, 0.2) is 0 Å². The molecule has 1 heterocycles. The molecule has 0 unspecified atom stereocenters. The fraction of sp³-hybridized carbons (Fsp3) is 0.500. The molecule has 0 spiro atoms. The zero-order chi connectivity index (χ0) is 17.1. The first-order valence-electron chi connectivity index (χ1n) is 6.05. The number of halogens is 3. The average Bonchev–Trinajstić information content (AvgIpc) is 2.35. The number of alkyl halides is 3. The van der Waals surface area contributed by atoms with E-state index in [9.17, 15) is 18.0 Å². The third-order valence-corrected chi connectivity index (χ3v) is 2.35. The van der Waals surface area contributed by atoms with E-state index in [2.05, 4.69) is 15.0 Å². The van der Waals surface area contributed by atoms with Crippen LogP contribution in [0.2, 0.25) is 0 Å². The van der Waals surface area contributed by atoms with Crippen LogP contribution in [0, 0.1) is 0 Å². The minimum atomic E-state index is -4.78. The third-order valence-electron chi connectivity index (χ3n) is 2.35. The first-order chi connectivity index (χ1) is 9.95. The van der Waals surface area contributed by atoms with Gasteiger partial charge in [0, 0.05) is 12.0 Å². The topological polar surface area (TPSA) is 91.2 Å². The number of ether oxygens (including phenoxy) is 1. The van der Waals surface area contributed by atoms with E-state index in [-0.39, 0.29) is 5.69 Å². The number of azide groups is 1. The van der Waals surface area contributed by atoms with Gasteiger partial charge < -0.3 is 4.74 Å². The SMILES string of the molecule is CN(C(=O)OC(C)(C)C)c1cnc(N=[N+]=[N-])c(C(F)(F)F)c1. The van der Waals surface area contributed by atoms with E-state index in [0.717, 1.165) is 11.1 Å². The Kier molecular flexibility index (Phi) is 4.87. The maximum Gasteiger partial charge on any atom is 0.418 e. The Labute approximate surface area is 124 Å². The summed E-state index contributed by atoms with van der Waals surface area (Å²) >= 11 is 0. The van der Waals surface area contributed by atoms with Crippen LogP contribution in [-0.4, -0.2) is 23.7 Å². The summed E-state index contributed by atoms with van der Waals surface area (Å²) in [5, 5.41) is 2.89. The van der Waals surface area contributed by atoms with Gasteiger partial charge in [0.1, 0.15) is 11.4 Å². The molecule has 0 aliphatic heterocycles. The second kappa shape index (κ2) is 6.10. The van der Waals surface area contributed by atoms with Crippen molar-refractivity contribution in [2.75, 3.05) is 11.9 Å². The predicted molar refractivity (Wildman–Crippen MR) is 72.7 cm³/mol. The van der Waals surface area contributed by atoms with Crippen LogP contribution in [0.5, 0.6) is 0 Å². The number of anilines is 1. The van der Waals surface area contributed by atoms with Crippen molar-refractivity contribution in [3.63, 3.8) is 0 Å². The summed E-state index contributed by atoms with van der Waals surface area (Å²) in [5.74, 6) is -0.809. The molecule has 0 bridgehead atoms. The van der Waals surface area contributed by atoms with Crippen LogP contribution < -0.4 is 4.90 Å². The Balaban J connectivity index is 3.22. The maximum absolute atomic E-state index is 12.9. The molecule has 0 radical (unpaired) electrons. The van der Waals surface area contributed by atoms with Crippen LogP contribution in [0.15, 0.2) is 17.4 Å². The zero-order valence-electron chi connectivity index (χ0n) is 12.3. The summed E-state index contributed by atoms with van der Waals surface area (Å²) in [6, 6.07) is 0.668. The molecule has 0 atom stereocenters. The van der Waals surface area contributed by atoms with E-state index in [0.29, 0.717) is 6.07 Å². The molecule has 7 nitrogen and oxygen atoms in total. The van der Waals surface area contributed by atoms with Gasteiger partial charge in [0.05, 0.1) is 17.4 Å². The molecule has 22 heavy (non-hydrogen) atoms. The molecule has 1 amide bonds. The molecule has 120 valence electrons. The third kappa shape index (κ3) is 4.52. The molecule has 1 rings (SSSR count). The summed E-state index contributed by atoms with van der Waals surface area (Å²) in [7, 11) is 1.25. The summed E-state index contributed by atoms with van der Waals surface area (Å²) in [6.07, 6.45) is -4.62. The van der Waals surface area contributed by atoms with Gasteiger partial charge in [-0.1, -0.05) is 0 Å². The van der Waals surface area contributed by atoms with Gasteiger partial charge in [-0.25, -0.2) is 4.79 Å². The number of aromatic nitrogens is 1. The molecule has 1 aromatic rings. The number of carbonyl (C=O) groups excluding carboxylic acids is 1. The Morgan fingerprint density at radius 1 is 1.41 bits per heavy atom. The number of carbonyl (C=O) groups is 1. The molecular weight excluding hydrogens is 303 g/mol.